The van der Waals surface area contributed by atoms with Gasteiger partial charge in [0.25, 0.3) is 0 Å². The highest BCUT2D eigenvalue weighted by molar-refractivity contribution is 5.70. The molecule has 0 radical (unpaired) electrons. The Morgan fingerprint density at radius 3 is 2.47 bits per heavy atom. The fraction of sp³-hybridized carbons (Fsp3) is 0.909. The van der Waals surface area contributed by atoms with E-state index in [-0.39, 0.29) is 5.92 Å². The Morgan fingerprint density at radius 2 is 1.93 bits per heavy atom. The van der Waals surface area contributed by atoms with Crippen LogP contribution in [0.5, 0.6) is 0 Å². The van der Waals surface area contributed by atoms with Gasteiger partial charge in [-0.3, -0.25) is 4.79 Å². The van der Waals surface area contributed by atoms with Gasteiger partial charge < -0.3 is 15.2 Å². The van der Waals surface area contributed by atoms with Gasteiger partial charge in [-0.1, -0.05) is 0 Å². The molecule has 0 aromatic rings. The minimum Gasteiger partial charge on any atom is -0.481 e. The lowest BCUT2D eigenvalue weighted by Crippen LogP contribution is -2.46. The summed E-state index contributed by atoms with van der Waals surface area (Å²) >= 11 is 0. The second-order valence-corrected chi connectivity index (χ2v) is 4.58. The molecule has 0 bridgehead atoms. The van der Waals surface area contributed by atoms with E-state index in [1.54, 1.807) is 0 Å². The molecular weight excluding hydrogens is 194 g/mol. The van der Waals surface area contributed by atoms with Crippen LogP contribution in [-0.4, -0.2) is 36.9 Å². The van der Waals surface area contributed by atoms with Crippen molar-refractivity contribution in [3.05, 3.63) is 0 Å². The maximum atomic E-state index is 10.8. The molecule has 0 aromatic heterocycles. The summed E-state index contributed by atoms with van der Waals surface area (Å²) in [6, 6.07) is 0.518. The standard InChI is InChI=1S/C11H19NO3/c13-11(14)9-1-2-10(12-7-9)8-3-5-15-6-4-8/h8-10,12H,1-7H2,(H,13,14). The highest BCUT2D eigenvalue weighted by atomic mass is 16.5. The molecule has 0 aliphatic carbocycles. The van der Waals surface area contributed by atoms with Crippen LogP contribution in [0.4, 0.5) is 0 Å². The number of hydrogen-bond donors (Lipinski definition) is 2. The summed E-state index contributed by atoms with van der Waals surface area (Å²) < 4.78 is 5.33. The molecule has 4 heteroatoms. The maximum Gasteiger partial charge on any atom is 0.307 e. The van der Waals surface area contributed by atoms with E-state index in [2.05, 4.69) is 5.32 Å². The van der Waals surface area contributed by atoms with Crippen molar-refractivity contribution in [3.63, 3.8) is 0 Å². The van der Waals surface area contributed by atoms with Gasteiger partial charge in [-0.2, -0.15) is 0 Å². The van der Waals surface area contributed by atoms with Crippen molar-refractivity contribution in [2.24, 2.45) is 11.8 Å². The van der Waals surface area contributed by atoms with Gasteiger partial charge in [-0.15, -0.1) is 0 Å². The first kappa shape index (κ1) is 10.9. The molecule has 2 rings (SSSR count). The number of carbonyl (C=O) groups is 1. The van der Waals surface area contributed by atoms with E-state index < -0.39 is 5.97 Å². The van der Waals surface area contributed by atoms with Crippen LogP contribution in [0, 0.1) is 11.8 Å². The lowest BCUT2D eigenvalue weighted by molar-refractivity contribution is -0.142. The van der Waals surface area contributed by atoms with Crippen LogP contribution < -0.4 is 5.32 Å². The predicted molar refractivity (Wildman–Crippen MR) is 55.7 cm³/mol. The topological polar surface area (TPSA) is 58.6 Å². The van der Waals surface area contributed by atoms with Crippen molar-refractivity contribution in [2.75, 3.05) is 19.8 Å². The molecule has 2 unspecified atom stereocenters. The van der Waals surface area contributed by atoms with Crippen LogP contribution in [0.15, 0.2) is 0 Å². The molecule has 2 aliphatic rings. The van der Waals surface area contributed by atoms with Gasteiger partial charge in [0, 0.05) is 25.8 Å². The van der Waals surface area contributed by atoms with Crippen LogP contribution in [0.25, 0.3) is 0 Å². The van der Waals surface area contributed by atoms with Crippen molar-refractivity contribution in [3.8, 4) is 0 Å². The van der Waals surface area contributed by atoms with E-state index in [9.17, 15) is 4.79 Å². The zero-order chi connectivity index (χ0) is 10.7. The van der Waals surface area contributed by atoms with Crippen molar-refractivity contribution >= 4 is 5.97 Å². The number of carboxylic acid groups (broad SMARTS) is 1. The number of nitrogens with one attached hydrogen (secondary N) is 1. The molecule has 2 N–H and O–H groups in total. The lowest BCUT2D eigenvalue weighted by Gasteiger charge is -2.35. The van der Waals surface area contributed by atoms with Gasteiger partial charge in [0.05, 0.1) is 5.92 Å². The fourth-order valence-corrected chi connectivity index (χ4v) is 2.61. The quantitative estimate of drug-likeness (QED) is 0.714. The first-order valence-corrected chi connectivity index (χ1v) is 5.81. The molecule has 2 fully saturated rings. The van der Waals surface area contributed by atoms with Crippen LogP contribution in [0.1, 0.15) is 25.7 Å². The molecule has 2 saturated heterocycles. The average molecular weight is 213 g/mol. The Balaban J connectivity index is 1.79. The zero-order valence-corrected chi connectivity index (χ0v) is 8.95. The van der Waals surface area contributed by atoms with E-state index in [1.165, 1.54) is 0 Å². The van der Waals surface area contributed by atoms with Crippen molar-refractivity contribution in [2.45, 2.75) is 31.7 Å². The molecule has 2 atom stereocenters. The zero-order valence-electron chi connectivity index (χ0n) is 8.95. The van der Waals surface area contributed by atoms with Gasteiger partial charge in [0.2, 0.25) is 0 Å². The van der Waals surface area contributed by atoms with E-state index in [0.717, 1.165) is 38.9 Å². The summed E-state index contributed by atoms with van der Waals surface area (Å²) in [4.78, 5) is 10.8. The Bertz CT molecular complexity index is 218. The molecule has 4 nitrogen and oxygen atoms in total. The molecule has 15 heavy (non-hydrogen) atoms. The number of carboxylic acids is 1. The minimum absolute atomic E-state index is 0.180. The average Bonchev–Trinajstić information content (AvgIpc) is 2.30. The van der Waals surface area contributed by atoms with E-state index >= 15 is 0 Å². The molecule has 0 spiro atoms. The second-order valence-electron chi connectivity index (χ2n) is 4.58. The molecule has 0 saturated carbocycles. The Kier molecular flexibility index (Phi) is 3.59. The Morgan fingerprint density at radius 1 is 1.20 bits per heavy atom. The molecule has 2 aliphatic heterocycles. The third kappa shape index (κ3) is 2.69. The van der Waals surface area contributed by atoms with Gasteiger partial charge in [-0.25, -0.2) is 0 Å². The Hall–Kier alpha value is -0.610. The first-order valence-electron chi connectivity index (χ1n) is 5.81. The molecule has 0 aromatic carbocycles. The van der Waals surface area contributed by atoms with E-state index in [1.807, 2.05) is 0 Å². The fourth-order valence-electron chi connectivity index (χ4n) is 2.61. The van der Waals surface area contributed by atoms with E-state index in [4.69, 9.17) is 9.84 Å². The van der Waals surface area contributed by atoms with Gasteiger partial charge in [-0.05, 0) is 31.6 Å². The van der Waals surface area contributed by atoms with Crippen LogP contribution in [0.2, 0.25) is 0 Å². The summed E-state index contributed by atoms with van der Waals surface area (Å²) in [5.41, 5.74) is 0. The number of aliphatic carboxylic acids is 1. The molecule has 2 heterocycles. The van der Waals surface area contributed by atoms with Crippen LogP contribution in [0.3, 0.4) is 0 Å². The third-order valence-corrected chi connectivity index (χ3v) is 3.64. The predicted octanol–water partition coefficient (Wildman–Crippen LogP) is 0.866. The number of rotatable bonds is 2. The maximum absolute atomic E-state index is 10.8. The van der Waals surface area contributed by atoms with E-state index in [0.29, 0.717) is 18.5 Å². The third-order valence-electron chi connectivity index (χ3n) is 3.64. The minimum atomic E-state index is -0.659. The normalized spacial score (nSPS) is 33.9. The highest BCUT2D eigenvalue weighted by Gasteiger charge is 2.30. The monoisotopic (exact) mass is 213 g/mol. The van der Waals surface area contributed by atoms with Gasteiger partial charge in [0.15, 0.2) is 0 Å². The summed E-state index contributed by atoms with van der Waals surface area (Å²) in [5, 5.41) is 12.3. The lowest BCUT2D eigenvalue weighted by atomic mass is 9.84. The summed E-state index contributed by atoms with van der Waals surface area (Å²) in [7, 11) is 0. The molecule has 0 amide bonds. The van der Waals surface area contributed by atoms with Gasteiger partial charge in [0.1, 0.15) is 0 Å². The molecular formula is C11H19NO3. The Labute approximate surface area is 90.0 Å². The summed E-state index contributed by atoms with van der Waals surface area (Å²) in [6.07, 6.45) is 4.07. The second kappa shape index (κ2) is 4.94. The summed E-state index contributed by atoms with van der Waals surface area (Å²) in [5.74, 6) is -0.150. The largest absolute Gasteiger partial charge is 0.481 e. The van der Waals surface area contributed by atoms with Crippen molar-refractivity contribution in [1.29, 1.82) is 0 Å². The van der Waals surface area contributed by atoms with Crippen LogP contribution >= 0.6 is 0 Å². The SMILES string of the molecule is O=C(O)C1CCC(C2CCOCC2)NC1. The summed E-state index contributed by atoms with van der Waals surface area (Å²) in [6.45, 7) is 2.37. The van der Waals surface area contributed by atoms with Crippen LogP contribution in [-0.2, 0) is 9.53 Å². The first-order chi connectivity index (χ1) is 7.27. The number of piperidine rings is 1. The highest BCUT2D eigenvalue weighted by Crippen LogP contribution is 2.26. The smallest absolute Gasteiger partial charge is 0.307 e. The molecule has 86 valence electrons. The number of ether oxygens (including phenoxy) is 1. The van der Waals surface area contributed by atoms with Gasteiger partial charge >= 0.3 is 5.97 Å². The number of hydrogen-bond acceptors (Lipinski definition) is 3. The van der Waals surface area contributed by atoms with Crippen molar-refractivity contribution in [1.82, 2.24) is 5.32 Å². The van der Waals surface area contributed by atoms with Crippen molar-refractivity contribution < 1.29 is 14.6 Å².